The Hall–Kier alpha value is -1.55. The number of hydrogen-bond donors (Lipinski definition) is 2. The fraction of sp³-hybridized carbons (Fsp3) is 0.533. The molecule has 0 radical (unpaired) electrons. The maximum absolute atomic E-state index is 12.5. The fourth-order valence-corrected chi connectivity index (χ4v) is 2.89. The van der Waals surface area contributed by atoms with Gasteiger partial charge in [-0.2, -0.15) is 0 Å². The highest BCUT2D eigenvalue weighted by Gasteiger charge is 2.32. The Balaban J connectivity index is 1.72. The third kappa shape index (κ3) is 2.32. The van der Waals surface area contributed by atoms with Crippen LogP contribution in [0.25, 0.3) is 0 Å². The van der Waals surface area contributed by atoms with Crippen LogP contribution in [0.1, 0.15) is 18.1 Å². The van der Waals surface area contributed by atoms with Crippen LogP contribution in [0.3, 0.4) is 0 Å². The average Bonchev–Trinajstić information content (AvgIpc) is 2.34. The van der Waals surface area contributed by atoms with E-state index < -0.39 is 0 Å². The highest BCUT2D eigenvalue weighted by Crippen LogP contribution is 2.26. The van der Waals surface area contributed by atoms with Gasteiger partial charge in [0.25, 0.3) is 0 Å². The number of fused-ring (bicyclic) bond motifs is 1. The van der Waals surface area contributed by atoms with Crippen LogP contribution < -0.4 is 5.32 Å². The van der Waals surface area contributed by atoms with Crippen LogP contribution >= 0.6 is 0 Å². The molecule has 3 rings (SSSR count). The summed E-state index contributed by atoms with van der Waals surface area (Å²) in [5, 5.41) is 12.8. The molecule has 0 aliphatic carbocycles. The molecule has 19 heavy (non-hydrogen) atoms. The zero-order valence-corrected chi connectivity index (χ0v) is 11.2. The molecular formula is C15H20N2O2. The molecule has 0 aromatic heterocycles. The first-order valence-electron chi connectivity index (χ1n) is 6.95. The van der Waals surface area contributed by atoms with Crippen LogP contribution in [0.2, 0.25) is 0 Å². The molecular weight excluding hydrogens is 240 g/mol. The summed E-state index contributed by atoms with van der Waals surface area (Å²) in [7, 11) is 0. The van der Waals surface area contributed by atoms with E-state index in [4.69, 9.17) is 0 Å². The third-order valence-corrected chi connectivity index (χ3v) is 4.42. The first-order valence-corrected chi connectivity index (χ1v) is 6.95. The lowest BCUT2D eigenvalue weighted by molar-refractivity contribution is -0.138. The standard InChI is InChI=1S/C15H20N2O2/c1-10(13-7-16-8-13)15(19)17-5-4-11-2-3-14(18)6-12(11)9-17/h2-3,6,10,13,16,18H,4-5,7-9H2,1H3. The first-order chi connectivity index (χ1) is 9.15. The van der Waals surface area contributed by atoms with Crippen LogP contribution in [-0.2, 0) is 17.8 Å². The van der Waals surface area contributed by atoms with Crippen molar-refractivity contribution in [2.24, 2.45) is 11.8 Å². The van der Waals surface area contributed by atoms with Crippen LogP contribution in [0.4, 0.5) is 0 Å². The molecule has 1 aromatic rings. The lowest BCUT2D eigenvalue weighted by Crippen LogP contribution is -2.51. The number of carbonyl (C=O) groups excluding carboxylic acids is 1. The summed E-state index contributed by atoms with van der Waals surface area (Å²) in [4.78, 5) is 14.4. The molecule has 1 atom stereocenters. The number of phenolic OH excluding ortho intramolecular Hbond substituents is 1. The minimum atomic E-state index is 0.0973. The smallest absolute Gasteiger partial charge is 0.226 e. The number of aromatic hydroxyl groups is 1. The normalized spacial score (nSPS) is 20.6. The largest absolute Gasteiger partial charge is 0.508 e. The molecule has 0 spiro atoms. The Morgan fingerprint density at radius 2 is 2.21 bits per heavy atom. The fourth-order valence-electron chi connectivity index (χ4n) is 2.89. The number of amides is 1. The van der Waals surface area contributed by atoms with Gasteiger partial charge >= 0.3 is 0 Å². The van der Waals surface area contributed by atoms with E-state index in [2.05, 4.69) is 5.32 Å². The SMILES string of the molecule is CC(C(=O)N1CCc2ccc(O)cc2C1)C1CNC1. The van der Waals surface area contributed by atoms with Gasteiger partial charge in [-0.25, -0.2) is 0 Å². The minimum Gasteiger partial charge on any atom is -0.508 e. The summed E-state index contributed by atoms with van der Waals surface area (Å²) in [5.74, 6) is 1.11. The van der Waals surface area contributed by atoms with E-state index in [1.165, 1.54) is 5.56 Å². The Bertz CT molecular complexity index is 497. The Kier molecular flexibility index (Phi) is 3.19. The lowest BCUT2D eigenvalue weighted by atomic mass is 9.87. The first kappa shape index (κ1) is 12.5. The van der Waals surface area contributed by atoms with Crippen molar-refractivity contribution < 1.29 is 9.90 Å². The highest BCUT2D eigenvalue weighted by atomic mass is 16.3. The summed E-state index contributed by atoms with van der Waals surface area (Å²) in [6.45, 7) is 5.37. The molecule has 4 heteroatoms. The van der Waals surface area contributed by atoms with Crippen molar-refractivity contribution in [1.29, 1.82) is 0 Å². The molecule has 2 aliphatic rings. The van der Waals surface area contributed by atoms with Crippen molar-refractivity contribution >= 4 is 5.91 Å². The number of carbonyl (C=O) groups is 1. The second kappa shape index (κ2) is 4.85. The summed E-state index contributed by atoms with van der Waals surface area (Å²) in [6.07, 6.45) is 0.886. The van der Waals surface area contributed by atoms with Crippen molar-refractivity contribution in [3.05, 3.63) is 29.3 Å². The van der Waals surface area contributed by atoms with Crippen molar-refractivity contribution in [2.45, 2.75) is 19.9 Å². The zero-order valence-electron chi connectivity index (χ0n) is 11.2. The molecule has 2 N–H and O–H groups in total. The second-order valence-electron chi connectivity index (χ2n) is 5.67. The van der Waals surface area contributed by atoms with Crippen molar-refractivity contribution in [2.75, 3.05) is 19.6 Å². The van der Waals surface area contributed by atoms with Crippen molar-refractivity contribution in [1.82, 2.24) is 10.2 Å². The maximum atomic E-state index is 12.5. The van der Waals surface area contributed by atoms with Crippen molar-refractivity contribution in [3.63, 3.8) is 0 Å². The molecule has 1 fully saturated rings. The van der Waals surface area contributed by atoms with E-state index >= 15 is 0 Å². The molecule has 1 saturated heterocycles. The molecule has 4 nitrogen and oxygen atoms in total. The van der Waals surface area contributed by atoms with Gasteiger partial charge < -0.3 is 15.3 Å². The molecule has 1 unspecified atom stereocenters. The predicted molar refractivity (Wildman–Crippen MR) is 72.8 cm³/mol. The van der Waals surface area contributed by atoms with E-state index in [0.29, 0.717) is 12.5 Å². The minimum absolute atomic E-state index is 0.0973. The van der Waals surface area contributed by atoms with Gasteiger partial charge in [0.1, 0.15) is 5.75 Å². The van der Waals surface area contributed by atoms with Gasteiger partial charge in [-0.1, -0.05) is 13.0 Å². The Labute approximate surface area is 113 Å². The van der Waals surface area contributed by atoms with Crippen LogP contribution in [-0.4, -0.2) is 35.5 Å². The second-order valence-corrected chi connectivity index (χ2v) is 5.67. The number of phenols is 1. The summed E-state index contributed by atoms with van der Waals surface area (Å²) in [6, 6.07) is 5.47. The number of nitrogens with one attached hydrogen (secondary N) is 1. The Morgan fingerprint density at radius 3 is 2.89 bits per heavy atom. The van der Waals surface area contributed by atoms with E-state index in [1.807, 2.05) is 17.9 Å². The number of hydrogen-bond acceptors (Lipinski definition) is 3. The zero-order chi connectivity index (χ0) is 13.4. The Morgan fingerprint density at radius 1 is 1.42 bits per heavy atom. The van der Waals surface area contributed by atoms with Gasteiger partial charge in [0.2, 0.25) is 5.91 Å². The summed E-state index contributed by atoms with van der Waals surface area (Å²) >= 11 is 0. The molecule has 2 aliphatic heterocycles. The van der Waals surface area contributed by atoms with Gasteiger partial charge in [0.15, 0.2) is 0 Å². The van der Waals surface area contributed by atoms with E-state index in [1.54, 1.807) is 12.1 Å². The van der Waals surface area contributed by atoms with Crippen molar-refractivity contribution in [3.8, 4) is 5.75 Å². The lowest BCUT2D eigenvalue weighted by Gasteiger charge is -2.36. The molecule has 0 saturated carbocycles. The summed E-state index contributed by atoms with van der Waals surface area (Å²) in [5.41, 5.74) is 2.33. The number of rotatable bonds is 2. The van der Waals surface area contributed by atoms with Crippen LogP contribution in [0.15, 0.2) is 18.2 Å². The topological polar surface area (TPSA) is 52.6 Å². The number of nitrogens with zero attached hydrogens (tertiary/aromatic N) is 1. The van der Waals surface area contributed by atoms with Gasteiger partial charge in [0.05, 0.1) is 0 Å². The van der Waals surface area contributed by atoms with Gasteiger partial charge in [-0.3, -0.25) is 4.79 Å². The monoisotopic (exact) mass is 260 g/mol. The quantitative estimate of drug-likeness (QED) is 0.838. The van der Waals surface area contributed by atoms with Gasteiger partial charge in [-0.15, -0.1) is 0 Å². The molecule has 1 amide bonds. The highest BCUT2D eigenvalue weighted by molar-refractivity contribution is 5.79. The maximum Gasteiger partial charge on any atom is 0.226 e. The van der Waals surface area contributed by atoms with Crippen LogP contribution in [0, 0.1) is 11.8 Å². The predicted octanol–water partition coefficient (Wildman–Crippen LogP) is 1.13. The third-order valence-electron chi connectivity index (χ3n) is 4.42. The average molecular weight is 260 g/mol. The van der Waals surface area contributed by atoms with E-state index in [9.17, 15) is 9.90 Å². The molecule has 2 heterocycles. The van der Waals surface area contributed by atoms with Crippen LogP contribution in [0.5, 0.6) is 5.75 Å². The molecule has 0 bridgehead atoms. The molecule has 102 valence electrons. The van der Waals surface area contributed by atoms with E-state index in [-0.39, 0.29) is 17.6 Å². The van der Waals surface area contributed by atoms with Gasteiger partial charge in [0, 0.05) is 19.0 Å². The summed E-state index contributed by atoms with van der Waals surface area (Å²) < 4.78 is 0. The number of benzene rings is 1. The molecule has 1 aromatic carbocycles. The van der Waals surface area contributed by atoms with Gasteiger partial charge in [-0.05, 0) is 48.7 Å². The van der Waals surface area contributed by atoms with E-state index in [0.717, 1.165) is 31.6 Å².